The zero-order valence-electron chi connectivity index (χ0n) is 14.6. The first-order valence-corrected chi connectivity index (χ1v) is 9.11. The monoisotopic (exact) mass is 407 g/mol. The summed E-state index contributed by atoms with van der Waals surface area (Å²) in [6.07, 6.45) is 0.299. The zero-order valence-corrected chi connectivity index (χ0v) is 16.1. The number of hydrogen-bond acceptors (Lipinski definition) is 5. The van der Waals surface area contributed by atoms with Gasteiger partial charge in [0.25, 0.3) is 5.91 Å². The van der Waals surface area contributed by atoms with Gasteiger partial charge in [-0.25, -0.2) is 4.79 Å². The highest BCUT2D eigenvalue weighted by Gasteiger charge is 2.34. The Kier molecular flexibility index (Phi) is 5.89. The second kappa shape index (κ2) is 8.17. The lowest BCUT2D eigenvalue weighted by Crippen LogP contribution is -2.41. The number of anilines is 1. The number of carbonyl (C=O) groups excluding carboxylic acids is 2. The van der Waals surface area contributed by atoms with Crippen molar-refractivity contribution in [1.82, 2.24) is 5.32 Å². The van der Waals surface area contributed by atoms with Gasteiger partial charge in [-0.15, -0.1) is 0 Å². The minimum atomic E-state index is -0.623. The van der Waals surface area contributed by atoms with Crippen LogP contribution < -0.4 is 16.4 Å². The molecule has 4 N–H and O–H groups in total. The molecule has 0 aliphatic carbocycles. The number of halogens is 2. The fourth-order valence-corrected chi connectivity index (χ4v) is 3.75. The highest BCUT2D eigenvalue weighted by atomic mass is 35.5. The number of amides is 1. The van der Waals surface area contributed by atoms with E-state index in [-0.39, 0.29) is 5.91 Å². The van der Waals surface area contributed by atoms with Crippen molar-refractivity contribution in [2.75, 3.05) is 12.4 Å². The maximum Gasteiger partial charge on any atom is 0.328 e. The third-order valence-electron chi connectivity index (χ3n) is 4.49. The minimum absolute atomic E-state index is 0.272. The number of methoxy groups -OCH3 is 1. The summed E-state index contributed by atoms with van der Waals surface area (Å²) in [4.78, 5) is 24.7. The zero-order chi connectivity index (χ0) is 19.6. The van der Waals surface area contributed by atoms with E-state index in [1.807, 2.05) is 0 Å². The highest BCUT2D eigenvalue weighted by Crippen LogP contribution is 2.40. The lowest BCUT2D eigenvalue weighted by atomic mass is 9.92. The van der Waals surface area contributed by atoms with Crippen molar-refractivity contribution in [2.45, 2.75) is 25.0 Å². The maximum absolute atomic E-state index is 12.7. The van der Waals surface area contributed by atoms with Crippen molar-refractivity contribution < 1.29 is 14.3 Å². The fourth-order valence-electron chi connectivity index (χ4n) is 3.12. The molecule has 2 atom stereocenters. The van der Waals surface area contributed by atoms with Crippen LogP contribution in [0.15, 0.2) is 36.4 Å². The van der Waals surface area contributed by atoms with Gasteiger partial charge in [-0.2, -0.15) is 0 Å². The van der Waals surface area contributed by atoms with Crippen LogP contribution in [-0.4, -0.2) is 25.0 Å². The predicted octanol–water partition coefficient (Wildman–Crippen LogP) is 3.28. The molecule has 0 bridgehead atoms. The molecule has 2 aromatic rings. The summed E-state index contributed by atoms with van der Waals surface area (Å²) in [6, 6.07) is 9.20. The lowest BCUT2D eigenvalue weighted by Gasteiger charge is -2.33. The predicted molar refractivity (Wildman–Crippen MR) is 105 cm³/mol. The van der Waals surface area contributed by atoms with Crippen LogP contribution in [0.5, 0.6) is 0 Å². The van der Waals surface area contributed by atoms with Gasteiger partial charge in [0.1, 0.15) is 6.04 Å². The normalized spacial score (nSPS) is 18.2. The van der Waals surface area contributed by atoms with E-state index in [1.165, 1.54) is 7.11 Å². The van der Waals surface area contributed by atoms with Crippen LogP contribution in [0.25, 0.3) is 0 Å². The molecule has 0 saturated heterocycles. The third kappa shape index (κ3) is 4.18. The van der Waals surface area contributed by atoms with Crippen molar-refractivity contribution in [3.05, 3.63) is 63.1 Å². The van der Waals surface area contributed by atoms with E-state index in [2.05, 4.69) is 10.6 Å². The van der Waals surface area contributed by atoms with Gasteiger partial charge in [-0.3, -0.25) is 4.79 Å². The smallest absolute Gasteiger partial charge is 0.328 e. The van der Waals surface area contributed by atoms with Crippen LogP contribution >= 0.6 is 23.2 Å². The molecule has 0 radical (unpaired) electrons. The topological polar surface area (TPSA) is 93.5 Å². The summed E-state index contributed by atoms with van der Waals surface area (Å²) in [7, 11) is 1.32. The van der Waals surface area contributed by atoms with Crippen LogP contribution in [0.4, 0.5) is 5.69 Å². The Bertz CT molecular complexity index is 871. The number of hydrogen-bond donors (Lipinski definition) is 3. The van der Waals surface area contributed by atoms with Crippen LogP contribution in [0, 0.1) is 0 Å². The summed E-state index contributed by atoms with van der Waals surface area (Å²) in [6.45, 7) is 0.404. The molecule has 6 nitrogen and oxygen atoms in total. The Morgan fingerprint density at radius 3 is 2.59 bits per heavy atom. The van der Waals surface area contributed by atoms with Gasteiger partial charge >= 0.3 is 5.97 Å². The number of benzene rings is 2. The first-order valence-electron chi connectivity index (χ1n) is 8.36. The number of nitrogens with one attached hydrogen (secondary N) is 2. The highest BCUT2D eigenvalue weighted by molar-refractivity contribution is 6.35. The first-order chi connectivity index (χ1) is 12.9. The molecule has 1 aliphatic heterocycles. The van der Waals surface area contributed by atoms with E-state index in [4.69, 9.17) is 33.7 Å². The SMILES string of the molecule is COC(=O)[C@@H]1C[C@@H](NC(=O)c2ccc(CN)cc2)c2c(Cl)cc(Cl)cc2N1. The van der Waals surface area contributed by atoms with Crippen molar-refractivity contribution in [2.24, 2.45) is 5.73 Å². The standard InChI is InChI=1S/C19H19Cl2N3O3/c1-27-19(26)16-8-15(17-13(21)6-12(20)7-14(17)23-16)24-18(25)11-4-2-10(9-22)3-5-11/h2-7,15-16,23H,8-9,22H2,1H3,(H,24,25)/t15-,16+/m1/s1. The van der Waals surface area contributed by atoms with E-state index in [9.17, 15) is 9.59 Å². The van der Waals surface area contributed by atoms with Crippen LogP contribution in [0.1, 0.15) is 33.9 Å². The number of fused-ring (bicyclic) bond motifs is 1. The van der Waals surface area contributed by atoms with Gasteiger partial charge in [-0.05, 0) is 29.8 Å². The van der Waals surface area contributed by atoms with Gasteiger partial charge in [-0.1, -0.05) is 35.3 Å². The average Bonchev–Trinajstić information content (AvgIpc) is 2.66. The molecule has 0 spiro atoms. The second-order valence-corrected chi connectivity index (χ2v) is 7.08. The molecule has 0 fully saturated rings. The summed E-state index contributed by atoms with van der Waals surface area (Å²) >= 11 is 12.4. The second-order valence-electron chi connectivity index (χ2n) is 6.23. The van der Waals surface area contributed by atoms with Gasteiger partial charge in [0.05, 0.1) is 13.2 Å². The first kappa shape index (κ1) is 19.5. The minimum Gasteiger partial charge on any atom is -0.467 e. The molecule has 0 aromatic heterocycles. The lowest BCUT2D eigenvalue weighted by molar-refractivity contribution is -0.141. The Morgan fingerprint density at radius 1 is 1.26 bits per heavy atom. The quantitative estimate of drug-likeness (QED) is 0.676. The Hall–Kier alpha value is -2.28. The Morgan fingerprint density at radius 2 is 1.96 bits per heavy atom. The molecule has 0 unspecified atom stereocenters. The molecule has 27 heavy (non-hydrogen) atoms. The fraction of sp³-hybridized carbons (Fsp3) is 0.263. The molecule has 2 aromatic carbocycles. The number of esters is 1. The van der Waals surface area contributed by atoms with Gasteiger partial charge in [0.15, 0.2) is 0 Å². The average molecular weight is 408 g/mol. The van der Waals surface area contributed by atoms with Crippen LogP contribution in [0.3, 0.4) is 0 Å². The third-order valence-corrected chi connectivity index (χ3v) is 5.02. The largest absolute Gasteiger partial charge is 0.467 e. The van der Waals surface area contributed by atoms with Crippen molar-refractivity contribution >= 4 is 40.8 Å². The molecule has 1 amide bonds. The van der Waals surface area contributed by atoms with Crippen molar-refractivity contribution in [3.63, 3.8) is 0 Å². The molecule has 3 rings (SSSR count). The van der Waals surface area contributed by atoms with Crippen molar-refractivity contribution in [3.8, 4) is 0 Å². The summed E-state index contributed by atoms with van der Waals surface area (Å²) < 4.78 is 4.84. The molecule has 0 saturated carbocycles. The Labute approximate surface area is 167 Å². The number of nitrogens with two attached hydrogens (primary N) is 1. The molecule has 1 heterocycles. The van der Waals surface area contributed by atoms with Crippen molar-refractivity contribution in [1.29, 1.82) is 0 Å². The van der Waals surface area contributed by atoms with Crippen LogP contribution in [0.2, 0.25) is 10.0 Å². The Balaban J connectivity index is 1.90. The van der Waals surface area contributed by atoms with Crippen LogP contribution in [-0.2, 0) is 16.1 Å². The summed E-state index contributed by atoms with van der Waals surface area (Å²) in [5.41, 5.74) is 8.30. The maximum atomic E-state index is 12.7. The van der Waals surface area contributed by atoms with E-state index < -0.39 is 18.1 Å². The molecular weight excluding hydrogens is 389 g/mol. The number of rotatable bonds is 4. The number of carbonyl (C=O) groups is 2. The summed E-state index contributed by atoms with van der Waals surface area (Å²) in [5, 5.41) is 6.88. The van der Waals surface area contributed by atoms with E-state index >= 15 is 0 Å². The van der Waals surface area contributed by atoms with E-state index in [0.717, 1.165) is 5.56 Å². The van der Waals surface area contributed by atoms with Gasteiger partial charge in [0, 0.05) is 39.8 Å². The summed E-state index contributed by atoms with van der Waals surface area (Å²) in [5.74, 6) is -0.700. The van der Waals surface area contributed by atoms with Gasteiger partial charge < -0.3 is 21.1 Å². The van der Waals surface area contributed by atoms with E-state index in [0.29, 0.717) is 39.8 Å². The molecule has 142 valence electrons. The molecular formula is C19H19Cl2N3O3. The van der Waals surface area contributed by atoms with E-state index in [1.54, 1.807) is 36.4 Å². The van der Waals surface area contributed by atoms with Gasteiger partial charge in [0.2, 0.25) is 0 Å². The molecule has 8 heteroatoms. The molecule has 1 aliphatic rings. The number of ether oxygens (including phenoxy) is 1.